The van der Waals surface area contributed by atoms with Crippen molar-refractivity contribution in [3.63, 3.8) is 0 Å². The van der Waals surface area contributed by atoms with Gasteiger partial charge in [0.2, 0.25) is 0 Å². The van der Waals surface area contributed by atoms with E-state index in [9.17, 15) is 4.79 Å². The molecule has 0 fully saturated rings. The molecule has 0 radical (unpaired) electrons. The van der Waals surface area contributed by atoms with Crippen LogP contribution in [-0.4, -0.2) is 21.0 Å². The Labute approximate surface area is 127 Å². The number of fused-ring (bicyclic) bond motifs is 1. The minimum absolute atomic E-state index is 0.310. The van der Waals surface area contributed by atoms with E-state index in [1.165, 1.54) is 0 Å². The second-order valence-electron chi connectivity index (χ2n) is 5.30. The first-order valence-corrected chi connectivity index (χ1v) is 7.31. The predicted molar refractivity (Wildman–Crippen MR) is 79.4 cm³/mol. The largest absolute Gasteiger partial charge is 0.481 e. The number of carboxylic acids is 1. The third-order valence-corrected chi connectivity index (χ3v) is 4.22. The number of aryl methyl sites for hydroxylation is 1. The van der Waals surface area contributed by atoms with Crippen LogP contribution in [0.3, 0.4) is 0 Å². The van der Waals surface area contributed by atoms with Crippen molar-refractivity contribution in [2.75, 3.05) is 0 Å². The molecule has 108 valence electrons. The lowest BCUT2D eigenvalue weighted by Crippen LogP contribution is -2.23. The molecule has 1 aliphatic rings. The summed E-state index contributed by atoms with van der Waals surface area (Å²) < 4.78 is 0. The maximum absolute atomic E-state index is 11.1. The van der Waals surface area contributed by atoms with E-state index in [2.05, 4.69) is 9.97 Å². The molecule has 0 saturated heterocycles. The lowest BCUT2D eigenvalue weighted by molar-refractivity contribution is -0.142. The number of aromatic nitrogens is 2. The normalized spacial score (nSPS) is 17.3. The average Bonchev–Trinajstić information content (AvgIpc) is 2.49. The third-order valence-electron chi connectivity index (χ3n) is 3.86. The summed E-state index contributed by atoms with van der Waals surface area (Å²) in [7, 11) is 0. The molecule has 1 atom stereocenters. The number of carboxylic acid groups (broad SMARTS) is 1. The summed E-state index contributed by atoms with van der Waals surface area (Å²) in [6.07, 6.45) is 4.23. The first kappa shape index (κ1) is 14.0. The summed E-state index contributed by atoms with van der Waals surface area (Å²) in [5.74, 6) is -0.313. The first-order chi connectivity index (χ1) is 10.1. The molecule has 21 heavy (non-hydrogen) atoms. The minimum Gasteiger partial charge on any atom is -0.481 e. The van der Waals surface area contributed by atoms with Crippen LogP contribution in [0.2, 0.25) is 5.02 Å². The molecular formula is C16H15ClN2O2. The van der Waals surface area contributed by atoms with Gasteiger partial charge in [-0.05, 0) is 36.5 Å². The van der Waals surface area contributed by atoms with Crippen molar-refractivity contribution in [1.82, 2.24) is 9.97 Å². The van der Waals surface area contributed by atoms with Crippen LogP contribution in [-0.2, 0) is 24.1 Å². The summed E-state index contributed by atoms with van der Waals surface area (Å²) in [5, 5.41) is 9.80. The highest BCUT2D eigenvalue weighted by molar-refractivity contribution is 6.31. The first-order valence-electron chi connectivity index (χ1n) is 6.93. The molecule has 0 aliphatic heterocycles. The van der Waals surface area contributed by atoms with Crippen LogP contribution in [0.25, 0.3) is 0 Å². The van der Waals surface area contributed by atoms with Crippen LogP contribution in [0.1, 0.15) is 29.1 Å². The van der Waals surface area contributed by atoms with E-state index in [4.69, 9.17) is 16.7 Å². The lowest BCUT2D eigenvalue weighted by atomic mass is 9.87. The fraction of sp³-hybridized carbons (Fsp3) is 0.312. The number of halogens is 1. The van der Waals surface area contributed by atoms with Crippen molar-refractivity contribution >= 4 is 17.6 Å². The number of rotatable bonds is 3. The highest BCUT2D eigenvalue weighted by Crippen LogP contribution is 2.25. The topological polar surface area (TPSA) is 63.1 Å². The monoisotopic (exact) mass is 302 g/mol. The van der Waals surface area contributed by atoms with Gasteiger partial charge in [-0.1, -0.05) is 29.8 Å². The molecule has 1 heterocycles. The molecule has 0 spiro atoms. The van der Waals surface area contributed by atoms with Gasteiger partial charge in [0.15, 0.2) is 0 Å². The van der Waals surface area contributed by atoms with Crippen molar-refractivity contribution in [2.24, 2.45) is 5.92 Å². The average molecular weight is 303 g/mol. The van der Waals surface area contributed by atoms with Crippen molar-refractivity contribution < 1.29 is 9.90 Å². The Bertz CT molecular complexity index is 688. The van der Waals surface area contributed by atoms with E-state index in [0.29, 0.717) is 30.7 Å². The van der Waals surface area contributed by atoms with Gasteiger partial charge in [-0.25, -0.2) is 9.97 Å². The number of aliphatic carboxylic acids is 1. The van der Waals surface area contributed by atoms with E-state index < -0.39 is 5.97 Å². The minimum atomic E-state index is -0.735. The summed E-state index contributed by atoms with van der Waals surface area (Å²) >= 11 is 6.15. The Morgan fingerprint density at radius 3 is 2.95 bits per heavy atom. The van der Waals surface area contributed by atoms with Crippen LogP contribution < -0.4 is 0 Å². The molecule has 0 amide bonds. The number of carbonyl (C=O) groups is 1. The quantitative estimate of drug-likeness (QED) is 0.947. The van der Waals surface area contributed by atoms with Gasteiger partial charge in [0.05, 0.1) is 5.92 Å². The van der Waals surface area contributed by atoms with E-state index in [1.807, 2.05) is 24.3 Å². The molecule has 1 N–H and O–H groups in total. The Morgan fingerprint density at radius 2 is 2.19 bits per heavy atom. The molecular weight excluding hydrogens is 288 g/mol. The van der Waals surface area contributed by atoms with Gasteiger partial charge < -0.3 is 5.11 Å². The van der Waals surface area contributed by atoms with Gasteiger partial charge in [0.25, 0.3) is 0 Å². The molecule has 0 bridgehead atoms. The maximum atomic E-state index is 11.1. The molecule has 4 nitrogen and oxygen atoms in total. The highest BCUT2D eigenvalue weighted by Gasteiger charge is 2.25. The van der Waals surface area contributed by atoms with Crippen molar-refractivity contribution in [3.8, 4) is 0 Å². The van der Waals surface area contributed by atoms with Gasteiger partial charge in [0, 0.05) is 23.3 Å². The van der Waals surface area contributed by atoms with Gasteiger partial charge in [0.1, 0.15) is 5.82 Å². The zero-order valence-corrected chi connectivity index (χ0v) is 12.2. The molecule has 2 aromatic rings. The predicted octanol–water partition coefficient (Wildman–Crippen LogP) is 2.91. The number of nitrogens with zero attached hydrogens (tertiary/aromatic N) is 2. The summed E-state index contributed by atoms with van der Waals surface area (Å²) in [6.45, 7) is 0. The fourth-order valence-electron chi connectivity index (χ4n) is 2.66. The molecule has 1 aromatic carbocycles. The molecule has 1 unspecified atom stereocenters. The van der Waals surface area contributed by atoms with Crippen molar-refractivity contribution in [3.05, 3.63) is 58.1 Å². The van der Waals surface area contributed by atoms with Crippen LogP contribution in [0.5, 0.6) is 0 Å². The zero-order valence-electron chi connectivity index (χ0n) is 11.4. The van der Waals surface area contributed by atoms with Gasteiger partial charge >= 0.3 is 5.97 Å². The van der Waals surface area contributed by atoms with E-state index in [0.717, 1.165) is 22.6 Å². The smallest absolute Gasteiger partial charge is 0.306 e. The summed E-state index contributed by atoms with van der Waals surface area (Å²) in [5.41, 5.74) is 2.93. The van der Waals surface area contributed by atoms with Gasteiger partial charge in [-0.3, -0.25) is 4.79 Å². The van der Waals surface area contributed by atoms with Crippen LogP contribution in [0.15, 0.2) is 30.5 Å². The standard InChI is InChI=1S/C16H15ClN2O2/c17-13-4-2-1-3-10(13)8-15-18-9-12-7-11(16(20)21)5-6-14(12)19-15/h1-4,9,11H,5-8H2,(H,20,21). The van der Waals surface area contributed by atoms with Gasteiger partial charge in [-0.15, -0.1) is 0 Å². The highest BCUT2D eigenvalue weighted by atomic mass is 35.5. The Kier molecular flexibility index (Phi) is 3.88. The second-order valence-corrected chi connectivity index (χ2v) is 5.71. The molecule has 3 rings (SSSR count). The van der Waals surface area contributed by atoms with E-state index in [1.54, 1.807) is 6.20 Å². The van der Waals surface area contributed by atoms with Crippen molar-refractivity contribution in [2.45, 2.75) is 25.7 Å². The SMILES string of the molecule is O=C(O)C1CCc2nc(Cc3ccccc3Cl)ncc2C1. The second kappa shape index (κ2) is 5.82. The Morgan fingerprint density at radius 1 is 1.38 bits per heavy atom. The molecule has 0 saturated carbocycles. The fourth-order valence-corrected chi connectivity index (χ4v) is 2.86. The summed E-state index contributed by atoms with van der Waals surface area (Å²) in [4.78, 5) is 20.0. The van der Waals surface area contributed by atoms with Crippen molar-refractivity contribution in [1.29, 1.82) is 0 Å². The van der Waals surface area contributed by atoms with Gasteiger partial charge in [-0.2, -0.15) is 0 Å². The van der Waals surface area contributed by atoms with E-state index >= 15 is 0 Å². The third kappa shape index (κ3) is 3.05. The number of benzene rings is 1. The van der Waals surface area contributed by atoms with Crippen LogP contribution >= 0.6 is 11.6 Å². The van der Waals surface area contributed by atoms with Crippen LogP contribution in [0, 0.1) is 5.92 Å². The lowest BCUT2D eigenvalue weighted by Gasteiger charge is -2.20. The van der Waals surface area contributed by atoms with E-state index in [-0.39, 0.29) is 5.92 Å². The maximum Gasteiger partial charge on any atom is 0.306 e. The summed E-state index contributed by atoms with van der Waals surface area (Å²) in [6, 6.07) is 7.65. The zero-order chi connectivity index (χ0) is 14.8. The molecule has 5 heteroatoms. The Hall–Kier alpha value is -1.94. The number of hydrogen-bond donors (Lipinski definition) is 1. The number of hydrogen-bond acceptors (Lipinski definition) is 3. The molecule has 1 aliphatic carbocycles. The van der Waals surface area contributed by atoms with Crippen LogP contribution in [0.4, 0.5) is 0 Å². The Balaban J connectivity index is 1.81. The molecule has 1 aromatic heterocycles.